The molecular weight excluding hydrogens is 246 g/mol. The number of Topliss-reactive ketones (excluding diaryl/α,β-unsaturated/α-hetero) is 1. The van der Waals surface area contributed by atoms with E-state index in [1.807, 2.05) is 6.92 Å². The standard InChI is InChI=1S/C14H21NO4/c1-6-8(2)13(17)19-14(4)11(15)7-10(18-5)9(3)12(14)16/h7-8H,6,15H2,1-5H3/t8-,14-/m1/s1. The number of ketones is 1. The minimum Gasteiger partial charge on any atom is -0.496 e. The number of allylic oxidation sites excluding steroid dienone is 1. The third-order valence-corrected chi connectivity index (χ3v) is 3.52. The Hall–Kier alpha value is -1.78. The molecule has 1 rings (SSSR count). The van der Waals surface area contributed by atoms with Gasteiger partial charge in [-0.05, 0) is 20.3 Å². The van der Waals surface area contributed by atoms with Crippen molar-refractivity contribution < 1.29 is 19.1 Å². The summed E-state index contributed by atoms with van der Waals surface area (Å²) in [5.41, 5.74) is 5.01. The van der Waals surface area contributed by atoms with Gasteiger partial charge in [-0.25, -0.2) is 0 Å². The lowest BCUT2D eigenvalue weighted by Crippen LogP contribution is -2.48. The summed E-state index contributed by atoms with van der Waals surface area (Å²) in [7, 11) is 1.46. The van der Waals surface area contributed by atoms with Crippen LogP contribution in [0.4, 0.5) is 0 Å². The molecule has 0 amide bonds. The summed E-state index contributed by atoms with van der Waals surface area (Å²) >= 11 is 0. The van der Waals surface area contributed by atoms with Crippen molar-refractivity contribution >= 4 is 11.8 Å². The predicted molar refractivity (Wildman–Crippen MR) is 70.9 cm³/mol. The number of rotatable bonds is 4. The summed E-state index contributed by atoms with van der Waals surface area (Å²) in [6.07, 6.45) is 2.17. The number of hydrogen-bond acceptors (Lipinski definition) is 5. The fourth-order valence-corrected chi connectivity index (χ4v) is 1.77. The SMILES string of the molecule is CC[C@@H](C)C(=O)O[C@@]1(C)C(=O)C(C)=C(OC)C=C1N. The Labute approximate surface area is 113 Å². The fourth-order valence-electron chi connectivity index (χ4n) is 1.77. The Balaban J connectivity index is 3.08. The lowest BCUT2D eigenvalue weighted by atomic mass is 9.86. The van der Waals surface area contributed by atoms with Crippen molar-refractivity contribution in [2.24, 2.45) is 11.7 Å². The maximum atomic E-state index is 12.3. The average molecular weight is 267 g/mol. The second-order valence-electron chi connectivity index (χ2n) is 4.89. The molecule has 0 aromatic rings. The summed E-state index contributed by atoms with van der Waals surface area (Å²) in [6.45, 7) is 6.77. The van der Waals surface area contributed by atoms with E-state index >= 15 is 0 Å². The van der Waals surface area contributed by atoms with E-state index in [-0.39, 0.29) is 17.4 Å². The predicted octanol–water partition coefficient (Wildman–Crippen LogP) is 1.68. The maximum absolute atomic E-state index is 12.3. The van der Waals surface area contributed by atoms with Crippen LogP contribution in [-0.2, 0) is 19.1 Å². The number of esters is 1. The van der Waals surface area contributed by atoms with E-state index in [0.717, 1.165) is 0 Å². The van der Waals surface area contributed by atoms with Crippen LogP contribution in [0.2, 0.25) is 0 Å². The van der Waals surface area contributed by atoms with E-state index in [4.69, 9.17) is 15.2 Å². The molecule has 1 aliphatic carbocycles. The summed E-state index contributed by atoms with van der Waals surface area (Å²) < 4.78 is 10.4. The second-order valence-corrected chi connectivity index (χ2v) is 4.89. The monoisotopic (exact) mass is 267 g/mol. The molecule has 0 unspecified atom stereocenters. The molecule has 0 saturated carbocycles. The Kier molecular flexibility index (Phi) is 4.39. The smallest absolute Gasteiger partial charge is 0.310 e. The number of nitrogens with two attached hydrogens (primary N) is 1. The number of methoxy groups -OCH3 is 1. The van der Waals surface area contributed by atoms with Gasteiger partial charge in [-0.3, -0.25) is 9.59 Å². The zero-order chi connectivity index (χ0) is 14.8. The van der Waals surface area contributed by atoms with Crippen molar-refractivity contribution in [3.8, 4) is 0 Å². The zero-order valence-corrected chi connectivity index (χ0v) is 12.1. The van der Waals surface area contributed by atoms with Crippen molar-refractivity contribution in [3.63, 3.8) is 0 Å². The largest absolute Gasteiger partial charge is 0.496 e. The van der Waals surface area contributed by atoms with Crippen LogP contribution in [0.15, 0.2) is 23.1 Å². The quantitative estimate of drug-likeness (QED) is 0.784. The van der Waals surface area contributed by atoms with Gasteiger partial charge in [-0.15, -0.1) is 0 Å². The van der Waals surface area contributed by atoms with Gasteiger partial charge in [0.25, 0.3) is 0 Å². The van der Waals surface area contributed by atoms with Crippen LogP contribution < -0.4 is 5.73 Å². The van der Waals surface area contributed by atoms with Gasteiger partial charge in [0.15, 0.2) is 0 Å². The number of carbonyl (C=O) groups is 2. The normalized spacial score (nSPS) is 24.9. The molecule has 106 valence electrons. The van der Waals surface area contributed by atoms with E-state index in [1.54, 1.807) is 13.8 Å². The van der Waals surface area contributed by atoms with Crippen LogP contribution in [-0.4, -0.2) is 24.5 Å². The average Bonchev–Trinajstić information content (AvgIpc) is 2.39. The molecule has 0 bridgehead atoms. The second kappa shape index (κ2) is 5.47. The van der Waals surface area contributed by atoms with E-state index in [1.165, 1.54) is 20.1 Å². The first-order valence-electron chi connectivity index (χ1n) is 6.28. The maximum Gasteiger partial charge on any atom is 0.310 e. The third-order valence-electron chi connectivity index (χ3n) is 3.52. The Morgan fingerprint density at radius 2 is 2.11 bits per heavy atom. The minimum atomic E-state index is -1.44. The Morgan fingerprint density at radius 1 is 1.53 bits per heavy atom. The molecule has 0 radical (unpaired) electrons. The molecule has 0 fully saturated rings. The zero-order valence-electron chi connectivity index (χ0n) is 12.1. The molecule has 5 heteroatoms. The lowest BCUT2D eigenvalue weighted by molar-refractivity contribution is -0.164. The van der Waals surface area contributed by atoms with E-state index in [0.29, 0.717) is 17.8 Å². The van der Waals surface area contributed by atoms with Gasteiger partial charge in [0.05, 0.1) is 18.7 Å². The van der Waals surface area contributed by atoms with Gasteiger partial charge in [0.1, 0.15) is 5.76 Å². The molecule has 0 spiro atoms. The number of carbonyl (C=O) groups excluding carboxylic acids is 2. The van der Waals surface area contributed by atoms with E-state index < -0.39 is 11.6 Å². The van der Waals surface area contributed by atoms with Crippen LogP contribution in [0.1, 0.15) is 34.1 Å². The van der Waals surface area contributed by atoms with Crippen molar-refractivity contribution in [1.82, 2.24) is 0 Å². The van der Waals surface area contributed by atoms with Crippen molar-refractivity contribution in [1.29, 1.82) is 0 Å². The van der Waals surface area contributed by atoms with Crippen LogP contribution in [0.25, 0.3) is 0 Å². The van der Waals surface area contributed by atoms with Crippen molar-refractivity contribution in [3.05, 3.63) is 23.1 Å². The van der Waals surface area contributed by atoms with Crippen LogP contribution in [0, 0.1) is 5.92 Å². The van der Waals surface area contributed by atoms with Crippen molar-refractivity contribution in [2.45, 2.75) is 39.7 Å². The minimum absolute atomic E-state index is 0.177. The van der Waals surface area contributed by atoms with Crippen LogP contribution in [0.5, 0.6) is 0 Å². The highest BCUT2D eigenvalue weighted by Crippen LogP contribution is 2.31. The van der Waals surface area contributed by atoms with Crippen LogP contribution >= 0.6 is 0 Å². The van der Waals surface area contributed by atoms with Gasteiger partial charge in [0, 0.05) is 11.6 Å². The molecule has 1 aliphatic rings. The molecule has 5 nitrogen and oxygen atoms in total. The van der Waals surface area contributed by atoms with Gasteiger partial charge in [-0.2, -0.15) is 0 Å². The number of hydrogen-bond donors (Lipinski definition) is 1. The fraction of sp³-hybridized carbons (Fsp3) is 0.571. The molecule has 0 saturated heterocycles. The van der Waals surface area contributed by atoms with E-state index in [9.17, 15) is 9.59 Å². The first kappa shape index (κ1) is 15.3. The molecule has 0 aromatic carbocycles. The van der Waals surface area contributed by atoms with Gasteiger partial charge < -0.3 is 15.2 Å². The topological polar surface area (TPSA) is 78.6 Å². The first-order valence-corrected chi connectivity index (χ1v) is 6.28. The lowest BCUT2D eigenvalue weighted by Gasteiger charge is -2.33. The van der Waals surface area contributed by atoms with Crippen LogP contribution in [0.3, 0.4) is 0 Å². The summed E-state index contributed by atoms with van der Waals surface area (Å²) in [5.74, 6) is -0.644. The Morgan fingerprint density at radius 3 is 2.58 bits per heavy atom. The molecule has 19 heavy (non-hydrogen) atoms. The molecule has 0 aliphatic heterocycles. The molecular formula is C14H21NO4. The summed E-state index contributed by atoms with van der Waals surface area (Å²) in [5, 5.41) is 0. The van der Waals surface area contributed by atoms with Crippen molar-refractivity contribution in [2.75, 3.05) is 7.11 Å². The highest BCUT2D eigenvalue weighted by Gasteiger charge is 2.44. The molecule has 2 atom stereocenters. The summed E-state index contributed by atoms with van der Waals surface area (Å²) in [6, 6.07) is 0. The van der Waals surface area contributed by atoms with E-state index in [2.05, 4.69) is 0 Å². The third kappa shape index (κ3) is 2.64. The molecule has 2 N–H and O–H groups in total. The molecule has 0 aromatic heterocycles. The summed E-state index contributed by atoms with van der Waals surface area (Å²) in [4.78, 5) is 24.2. The first-order chi connectivity index (χ1) is 8.77. The van der Waals surface area contributed by atoms with Gasteiger partial charge in [-0.1, -0.05) is 13.8 Å². The Bertz CT molecular complexity index is 460. The van der Waals surface area contributed by atoms with Gasteiger partial charge in [0.2, 0.25) is 11.4 Å². The number of ether oxygens (including phenoxy) is 2. The highest BCUT2D eigenvalue weighted by atomic mass is 16.6. The molecule has 0 heterocycles. The highest BCUT2D eigenvalue weighted by molar-refractivity contribution is 6.06. The van der Waals surface area contributed by atoms with Gasteiger partial charge >= 0.3 is 5.97 Å².